The number of carboxylic acids is 1. The number of hydrogen-bond acceptors (Lipinski definition) is 3. The predicted molar refractivity (Wildman–Crippen MR) is 78.1 cm³/mol. The first-order valence-corrected chi connectivity index (χ1v) is 7.81. The topological polar surface area (TPSA) is 66.4 Å². The number of carbonyl (C=O) groups excluding carboxylic acids is 1. The average molecular weight is 399 g/mol. The van der Waals surface area contributed by atoms with E-state index in [1.54, 1.807) is 6.07 Å². The van der Waals surface area contributed by atoms with Crippen LogP contribution < -0.4 is 5.32 Å². The molecule has 1 aromatic rings. The zero-order chi connectivity index (χ0) is 13.7. The lowest BCUT2D eigenvalue weighted by Gasteiger charge is -2.15. The fourth-order valence-corrected chi connectivity index (χ4v) is 4.34. The van der Waals surface area contributed by atoms with Crippen molar-refractivity contribution < 1.29 is 14.7 Å². The summed E-state index contributed by atoms with van der Waals surface area (Å²) in [6.07, 6.45) is 1.43. The fraction of sp³-hybridized carbons (Fsp3) is 0.455. The van der Waals surface area contributed by atoms with Gasteiger partial charge in [-0.05, 0) is 44.3 Å². The second-order valence-electron chi connectivity index (χ2n) is 3.79. The highest BCUT2D eigenvalue weighted by Crippen LogP contribution is 2.31. The van der Waals surface area contributed by atoms with E-state index in [9.17, 15) is 9.59 Å². The normalized spacial score (nSPS) is 12.2. The summed E-state index contributed by atoms with van der Waals surface area (Å²) in [6.45, 7) is 1.96. The van der Waals surface area contributed by atoms with E-state index in [1.165, 1.54) is 11.3 Å². The molecule has 7 heteroatoms. The maximum Gasteiger partial charge on any atom is 0.305 e. The Hall–Kier alpha value is -0.400. The van der Waals surface area contributed by atoms with Gasteiger partial charge in [-0.3, -0.25) is 9.59 Å². The second kappa shape index (κ2) is 7.25. The lowest BCUT2D eigenvalue weighted by Crippen LogP contribution is -2.36. The molecule has 0 radical (unpaired) electrons. The largest absolute Gasteiger partial charge is 0.481 e. The van der Waals surface area contributed by atoms with Crippen LogP contribution in [0.3, 0.4) is 0 Å². The SMILES string of the molecule is CCCC(CC(=O)O)NC(=O)c1cc(Br)sc1Br. The molecule has 1 atom stereocenters. The molecule has 100 valence electrons. The zero-order valence-corrected chi connectivity index (χ0v) is 13.7. The Morgan fingerprint density at radius 1 is 1.50 bits per heavy atom. The summed E-state index contributed by atoms with van der Waals surface area (Å²) in [5.74, 6) is -1.15. The highest BCUT2D eigenvalue weighted by Gasteiger charge is 2.19. The predicted octanol–water partition coefficient (Wildman–Crippen LogP) is 3.65. The Balaban J connectivity index is 2.71. The number of amides is 1. The molecule has 0 saturated carbocycles. The van der Waals surface area contributed by atoms with Crippen molar-refractivity contribution in [3.8, 4) is 0 Å². The van der Waals surface area contributed by atoms with Crippen LogP contribution in [0.4, 0.5) is 0 Å². The van der Waals surface area contributed by atoms with Crippen LogP contribution in [0.15, 0.2) is 13.6 Å². The third-order valence-corrected chi connectivity index (χ3v) is 4.63. The van der Waals surface area contributed by atoms with Gasteiger partial charge in [0.2, 0.25) is 0 Å². The van der Waals surface area contributed by atoms with Crippen molar-refractivity contribution in [2.24, 2.45) is 0 Å². The molecule has 4 nitrogen and oxygen atoms in total. The van der Waals surface area contributed by atoms with Crippen LogP contribution in [0.5, 0.6) is 0 Å². The molecule has 1 unspecified atom stereocenters. The van der Waals surface area contributed by atoms with Crippen molar-refractivity contribution in [2.45, 2.75) is 32.2 Å². The number of rotatable bonds is 6. The van der Waals surface area contributed by atoms with E-state index in [4.69, 9.17) is 5.11 Å². The third kappa shape index (κ3) is 4.70. The minimum atomic E-state index is -0.903. The Morgan fingerprint density at radius 3 is 2.61 bits per heavy atom. The van der Waals surface area contributed by atoms with E-state index in [1.807, 2.05) is 6.92 Å². The lowest BCUT2D eigenvalue weighted by atomic mass is 10.1. The van der Waals surface area contributed by atoms with Crippen LogP contribution in [-0.4, -0.2) is 23.0 Å². The molecule has 0 aromatic carbocycles. The second-order valence-corrected chi connectivity index (χ2v) is 7.54. The fourth-order valence-electron chi connectivity index (χ4n) is 1.54. The molecule has 0 aliphatic rings. The van der Waals surface area contributed by atoms with Gasteiger partial charge in [-0.2, -0.15) is 0 Å². The maximum absolute atomic E-state index is 12.0. The molecule has 0 spiro atoms. The van der Waals surface area contributed by atoms with Crippen LogP contribution in [-0.2, 0) is 4.79 Å². The smallest absolute Gasteiger partial charge is 0.305 e. The average Bonchev–Trinajstić information content (AvgIpc) is 2.57. The summed E-state index contributed by atoms with van der Waals surface area (Å²) in [5, 5.41) is 11.5. The summed E-state index contributed by atoms with van der Waals surface area (Å²) in [5.41, 5.74) is 0.526. The van der Waals surface area contributed by atoms with Gasteiger partial charge in [0.05, 0.1) is 19.6 Å². The van der Waals surface area contributed by atoms with Crippen LogP contribution in [0.25, 0.3) is 0 Å². The maximum atomic E-state index is 12.0. The van der Waals surface area contributed by atoms with Crippen molar-refractivity contribution in [1.82, 2.24) is 5.32 Å². The number of nitrogens with one attached hydrogen (secondary N) is 1. The van der Waals surface area contributed by atoms with Crippen molar-refractivity contribution in [1.29, 1.82) is 0 Å². The van der Waals surface area contributed by atoms with E-state index in [2.05, 4.69) is 37.2 Å². The highest BCUT2D eigenvalue weighted by molar-refractivity contribution is 9.12. The molecule has 0 aliphatic carbocycles. The van der Waals surface area contributed by atoms with Crippen LogP contribution in [0.2, 0.25) is 0 Å². The number of hydrogen-bond donors (Lipinski definition) is 2. The van der Waals surface area contributed by atoms with Gasteiger partial charge < -0.3 is 10.4 Å². The molecule has 2 N–H and O–H groups in total. The Kier molecular flexibility index (Phi) is 6.31. The third-order valence-electron chi connectivity index (χ3n) is 2.29. The number of carboxylic acid groups (broad SMARTS) is 1. The van der Waals surface area contributed by atoms with Crippen LogP contribution in [0, 0.1) is 0 Å². The Labute approximate surface area is 126 Å². The van der Waals surface area contributed by atoms with E-state index in [-0.39, 0.29) is 18.4 Å². The molecule has 0 saturated heterocycles. The van der Waals surface area contributed by atoms with E-state index < -0.39 is 5.97 Å². The Morgan fingerprint density at radius 2 is 2.17 bits per heavy atom. The monoisotopic (exact) mass is 397 g/mol. The van der Waals surface area contributed by atoms with Crippen molar-refractivity contribution in [2.75, 3.05) is 0 Å². The summed E-state index contributed by atoms with van der Waals surface area (Å²) in [6, 6.07) is 1.39. The molecular weight excluding hydrogens is 386 g/mol. The molecular formula is C11H13Br2NO3S. The van der Waals surface area contributed by atoms with Gasteiger partial charge in [0, 0.05) is 6.04 Å². The summed E-state index contributed by atoms with van der Waals surface area (Å²) < 4.78 is 1.59. The molecule has 0 bridgehead atoms. The molecule has 0 aliphatic heterocycles. The zero-order valence-electron chi connectivity index (χ0n) is 9.70. The minimum Gasteiger partial charge on any atom is -0.481 e. The molecule has 0 fully saturated rings. The standard InChI is InChI=1S/C11H13Br2NO3S/c1-2-3-6(4-9(15)16)14-11(17)7-5-8(12)18-10(7)13/h5-6H,2-4H2,1H3,(H,14,17)(H,15,16). The highest BCUT2D eigenvalue weighted by atomic mass is 79.9. The number of aliphatic carboxylic acids is 1. The lowest BCUT2D eigenvalue weighted by molar-refractivity contribution is -0.137. The number of thiophene rings is 1. The summed E-state index contributed by atoms with van der Waals surface area (Å²) >= 11 is 8.02. The Bertz CT molecular complexity index is 447. The summed E-state index contributed by atoms with van der Waals surface area (Å²) in [4.78, 5) is 22.7. The van der Waals surface area contributed by atoms with Gasteiger partial charge >= 0.3 is 5.97 Å². The molecule has 1 amide bonds. The molecule has 1 heterocycles. The molecule has 1 rings (SSSR count). The van der Waals surface area contributed by atoms with Gasteiger partial charge in [0.15, 0.2) is 0 Å². The van der Waals surface area contributed by atoms with Crippen LogP contribution in [0.1, 0.15) is 36.5 Å². The molecule has 1 aromatic heterocycles. The van der Waals surface area contributed by atoms with Gasteiger partial charge in [0.1, 0.15) is 0 Å². The van der Waals surface area contributed by atoms with Gasteiger partial charge in [-0.25, -0.2) is 0 Å². The van der Waals surface area contributed by atoms with E-state index in [0.29, 0.717) is 12.0 Å². The van der Waals surface area contributed by atoms with E-state index in [0.717, 1.165) is 14.0 Å². The first-order chi connectivity index (χ1) is 8.43. The van der Waals surface area contributed by atoms with Gasteiger partial charge in [0.25, 0.3) is 5.91 Å². The van der Waals surface area contributed by atoms with Crippen molar-refractivity contribution >= 4 is 55.1 Å². The van der Waals surface area contributed by atoms with Crippen molar-refractivity contribution in [3.63, 3.8) is 0 Å². The van der Waals surface area contributed by atoms with Crippen LogP contribution >= 0.6 is 43.2 Å². The van der Waals surface area contributed by atoms with Gasteiger partial charge in [-0.15, -0.1) is 11.3 Å². The van der Waals surface area contributed by atoms with Gasteiger partial charge in [-0.1, -0.05) is 13.3 Å². The van der Waals surface area contributed by atoms with E-state index >= 15 is 0 Å². The summed E-state index contributed by atoms with van der Waals surface area (Å²) in [7, 11) is 0. The minimum absolute atomic E-state index is 0.0531. The number of halogens is 2. The first-order valence-electron chi connectivity index (χ1n) is 5.41. The van der Waals surface area contributed by atoms with Crippen molar-refractivity contribution in [3.05, 3.63) is 19.2 Å². The molecule has 18 heavy (non-hydrogen) atoms. The quantitative estimate of drug-likeness (QED) is 0.768. The number of carbonyl (C=O) groups is 2. The first kappa shape index (κ1) is 15.7.